The first-order valence-electron chi connectivity index (χ1n) is 6.23. The van der Waals surface area contributed by atoms with Crippen LogP contribution in [0.2, 0.25) is 0 Å². The Labute approximate surface area is 121 Å². The van der Waals surface area contributed by atoms with Crippen LogP contribution >= 0.6 is 11.3 Å². The Balaban J connectivity index is 2.01. The largest absolute Gasteiger partial charge is 0.497 e. The van der Waals surface area contributed by atoms with Gasteiger partial charge in [-0.15, -0.1) is 11.3 Å². The summed E-state index contributed by atoms with van der Waals surface area (Å²) in [5.74, 6) is 0.577. The minimum atomic E-state index is -0.204. The predicted octanol–water partition coefficient (Wildman–Crippen LogP) is 2.27. The van der Waals surface area contributed by atoms with Gasteiger partial charge in [-0.3, -0.25) is 4.79 Å². The summed E-state index contributed by atoms with van der Waals surface area (Å²) in [5.41, 5.74) is 6.68. The summed E-state index contributed by atoms with van der Waals surface area (Å²) in [6, 6.07) is 5.03. The molecule has 2 aromatic rings. The number of ether oxygens (including phenoxy) is 1. The van der Waals surface area contributed by atoms with Gasteiger partial charge in [0, 0.05) is 29.7 Å². The molecule has 0 spiro atoms. The molecule has 5 nitrogen and oxygen atoms in total. The molecule has 0 saturated heterocycles. The second-order valence-electron chi connectivity index (χ2n) is 4.43. The van der Waals surface area contributed by atoms with Gasteiger partial charge in [-0.05, 0) is 18.2 Å². The molecule has 0 bridgehead atoms. The molecule has 0 aliphatic carbocycles. The summed E-state index contributed by atoms with van der Waals surface area (Å²) in [6.45, 7) is 2.54. The minimum absolute atomic E-state index is 0.172. The Kier molecular flexibility index (Phi) is 4.57. The molecule has 6 heteroatoms. The van der Waals surface area contributed by atoms with Crippen molar-refractivity contribution in [3.63, 3.8) is 0 Å². The van der Waals surface area contributed by atoms with E-state index in [4.69, 9.17) is 10.5 Å². The van der Waals surface area contributed by atoms with Gasteiger partial charge in [-0.2, -0.15) is 0 Å². The molecule has 0 aliphatic heterocycles. The zero-order valence-corrected chi connectivity index (χ0v) is 12.2. The molecule has 3 N–H and O–H groups in total. The van der Waals surface area contributed by atoms with E-state index in [9.17, 15) is 4.79 Å². The van der Waals surface area contributed by atoms with Crippen molar-refractivity contribution in [2.45, 2.75) is 12.8 Å². The standard InChI is InChI=1S/C14H17N3O2S/c1-9(14-16-5-6-20-14)8-17-13(18)11-7-10(19-2)3-4-12(11)15/h3-7,9H,8,15H2,1-2H3,(H,17,18). The number of hydrogen-bond donors (Lipinski definition) is 2. The summed E-state index contributed by atoms with van der Waals surface area (Å²) in [4.78, 5) is 16.4. The molecule has 1 unspecified atom stereocenters. The molecule has 0 aliphatic rings. The number of thiazole rings is 1. The molecule has 106 valence electrons. The van der Waals surface area contributed by atoms with Crippen LogP contribution < -0.4 is 15.8 Å². The van der Waals surface area contributed by atoms with Crippen molar-refractivity contribution in [1.82, 2.24) is 10.3 Å². The predicted molar refractivity (Wildman–Crippen MR) is 80.3 cm³/mol. The van der Waals surface area contributed by atoms with Crippen molar-refractivity contribution < 1.29 is 9.53 Å². The lowest BCUT2D eigenvalue weighted by Gasteiger charge is -2.12. The summed E-state index contributed by atoms with van der Waals surface area (Å²) in [6.07, 6.45) is 1.76. The first-order valence-corrected chi connectivity index (χ1v) is 7.11. The molecule has 1 aromatic carbocycles. The number of amides is 1. The quantitative estimate of drug-likeness (QED) is 0.828. The Hall–Kier alpha value is -2.08. The number of anilines is 1. The Morgan fingerprint density at radius 1 is 1.55 bits per heavy atom. The molecular weight excluding hydrogens is 274 g/mol. The number of benzene rings is 1. The van der Waals surface area contributed by atoms with Crippen molar-refractivity contribution >= 4 is 22.9 Å². The maximum atomic E-state index is 12.1. The molecule has 0 radical (unpaired) electrons. The fourth-order valence-corrected chi connectivity index (χ4v) is 2.46. The second kappa shape index (κ2) is 6.38. The third kappa shape index (κ3) is 3.27. The van der Waals surface area contributed by atoms with Crippen molar-refractivity contribution in [3.05, 3.63) is 40.3 Å². The maximum Gasteiger partial charge on any atom is 0.253 e. The van der Waals surface area contributed by atoms with Gasteiger partial charge >= 0.3 is 0 Å². The summed E-state index contributed by atoms with van der Waals surface area (Å²) < 4.78 is 5.10. The van der Waals surface area contributed by atoms with Crippen LogP contribution in [0.3, 0.4) is 0 Å². The number of carbonyl (C=O) groups is 1. The molecule has 0 saturated carbocycles. The monoisotopic (exact) mass is 291 g/mol. The van der Waals surface area contributed by atoms with Crippen LogP contribution in [-0.2, 0) is 0 Å². The average molecular weight is 291 g/mol. The van der Waals surface area contributed by atoms with Gasteiger partial charge < -0.3 is 15.8 Å². The lowest BCUT2D eigenvalue weighted by molar-refractivity contribution is 0.0952. The highest BCUT2D eigenvalue weighted by Gasteiger charge is 2.14. The number of aromatic nitrogens is 1. The Bertz CT molecular complexity index is 584. The van der Waals surface area contributed by atoms with Crippen LogP contribution in [0.25, 0.3) is 0 Å². The summed E-state index contributed by atoms with van der Waals surface area (Å²) in [5, 5.41) is 5.80. The smallest absolute Gasteiger partial charge is 0.253 e. The molecule has 1 aromatic heterocycles. The zero-order chi connectivity index (χ0) is 14.5. The van der Waals surface area contributed by atoms with Gasteiger partial charge in [0.25, 0.3) is 5.91 Å². The lowest BCUT2D eigenvalue weighted by Crippen LogP contribution is -2.28. The number of nitrogens with zero attached hydrogens (tertiary/aromatic N) is 1. The van der Waals surface area contributed by atoms with Crippen LogP contribution in [0.4, 0.5) is 5.69 Å². The number of methoxy groups -OCH3 is 1. The van der Waals surface area contributed by atoms with E-state index in [1.165, 1.54) is 0 Å². The van der Waals surface area contributed by atoms with Crippen LogP contribution in [-0.4, -0.2) is 24.5 Å². The summed E-state index contributed by atoms with van der Waals surface area (Å²) >= 11 is 1.58. The van der Waals surface area contributed by atoms with Gasteiger partial charge in [0.1, 0.15) is 5.75 Å². The Morgan fingerprint density at radius 3 is 3.00 bits per heavy atom. The third-order valence-corrected chi connectivity index (χ3v) is 3.95. The first kappa shape index (κ1) is 14.3. The summed E-state index contributed by atoms with van der Waals surface area (Å²) in [7, 11) is 1.55. The molecular formula is C14H17N3O2S. The molecule has 2 rings (SSSR count). The topological polar surface area (TPSA) is 77.2 Å². The number of rotatable bonds is 5. The van der Waals surface area contributed by atoms with Crippen LogP contribution in [0, 0.1) is 0 Å². The zero-order valence-electron chi connectivity index (χ0n) is 11.4. The van der Waals surface area contributed by atoms with Gasteiger partial charge in [0.15, 0.2) is 0 Å². The van der Waals surface area contributed by atoms with E-state index in [1.807, 2.05) is 12.3 Å². The molecule has 20 heavy (non-hydrogen) atoms. The van der Waals surface area contributed by atoms with E-state index in [-0.39, 0.29) is 11.8 Å². The number of carbonyl (C=O) groups excluding carboxylic acids is 1. The highest BCUT2D eigenvalue weighted by atomic mass is 32.1. The lowest BCUT2D eigenvalue weighted by atomic mass is 10.1. The fourth-order valence-electron chi connectivity index (χ4n) is 1.77. The van der Waals surface area contributed by atoms with Crippen LogP contribution in [0.5, 0.6) is 5.75 Å². The van der Waals surface area contributed by atoms with Crippen molar-refractivity contribution in [1.29, 1.82) is 0 Å². The second-order valence-corrected chi connectivity index (χ2v) is 5.36. The minimum Gasteiger partial charge on any atom is -0.497 e. The Morgan fingerprint density at radius 2 is 2.35 bits per heavy atom. The van der Waals surface area contributed by atoms with Crippen molar-refractivity contribution in [2.24, 2.45) is 0 Å². The number of nitrogens with two attached hydrogens (primary N) is 1. The maximum absolute atomic E-state index is 12.1. The SMILES string of the molecule is COc1ccc(N)c(C(=O)NCC(C)c2nccs2)c1. The van der Waals surface area contributed by atoms with Gasteiger partial charge in [0.05, 0.1) is 17.7 Å². The van der Waals surface area contributed by atoms with E-state index in [0.29, 0.717) is 23.5 Å². The van der Waals surface area contributed by atoms with Gasteiger partial charge in [0.2, 0.25) is 0 Å². The van der Waals surface area contributed by atoms with E-state index in [0.717, 1.165) is 5.01 Å². The molecule has 1 heterocycles. The van der Waals surface area contributed by atoms with Gasteiger partial charge in [-0.1, -0.05) is 6.92 Å². The normalized spacial score (nSPS) is 11.9. The number of nitrogens with one attached hydrogen (secondary N) is 1. The molecule has 0 fully saturated rings. The number of nitrogen functional groups attached to an aromatic ring is 1. The van der Waals surface area contributed by atoms with Crippen LogP contribution in [0.1, 0.15) is 28.2 Å². The van der Waals surface area contributed by atoms with E-state index >= 15 is 0 Å². The van der Waals surface area contributed by atoms with E-state index < -0.39 is 0 Å². The highest BCUT2D eigenvalue weighted by molar-refractivity contribution is 7.09. The fraction of sp³-hybridized carbons (Fsp3) is 0.286. The first-order chi connectivity index (χ1) is 9.61. The van der Waals surface area contributed by atoms with Crippen LogP contribution in [0.15, 0.2) is 29.8 Å². The highest BCUT2D eigenvalue weighted by Crippen LogP contribution is 2.20. The van der Waals surface area contributed by atoms with Crippen molar-refractivity contribution in [2.75, 3.05) is 19.4 Å². The average Bonchev–Trinajstić information content (AvgIpc) is 2.99. The number of hydrogen-bond acceptors (Lipinski definition) is 5. The van der Waals surface area contributed by atoms with Crippen molar-refractivity contribution in [3.8, 4) is 5.75 Å². The molecule has 1 amide bonds. The van der Waals surface area contributed by atoms with E-state index in [1.54, 1.807) is 42.8 Å². The van der Waals surface area contributed by atoms with Gasteiger partial charge in [-0.25, -0.2) is 4.98 Å². The molecule has 1 atom stereocenters. The van der Waals surface area contributed by atoms with E-state index in [2.05, 4.69) is 10.3 Å². The third-order valence-electron chi connectivity index (χ3n) is 2.95.